The van der Waals surface area contributed by atoms with Crippen molar-refractivity contribution in [2.75, 3.05) is 13.1 Å². The van der Waals surface area contributed by atoms with Gasteiger partial charge >= 0.3 is 0 Å². The van der Waals surface area contributed by atoms with Gasteiger partial charge in [0.2, 0.25) is 0 Å². The van der Waals surface area contributed by atoms with Crippen molar-refractivity contribution in [1.82, 2.24) is 10.3 Å². The standard InChI is InChI=1S/C10H13FN2/c1-7-9(11)2-3-10(13-7)8-4-5-12-6-8/h2-3,8,12H,4-6H2,1H3. The van der Waals surface area contributed by atoms with E-state index in [1.165, 1.54) is 6.07 Å². The normalized spacial score (nSPS) is 22.2. The molecular weight excluding hydrogens is 167 g/mol. The highest BCUT2D eigenvalue weighted by atomic mass is 19.1. The predicted octanol–water partition coefficient (Wildman–Crippen LogP) is 1.61. The molecule has 1 fully saturated rings. The van der Waals surface area contributed by atoms with Crippen LogP contribution in [0.15, 0.2) is 12.1 Å². The van der Waals surface area contributed by atoms with Crippen LogP contribution in [0.25, 0.3) is 0 Å². The maximum absolute atomic E-state index is 12.9. The topological polar surface area (TPSA) is 24.9 Å². The van der Waals surface area contributed by atoms with Crippen LogP contribution in [0.3, 0.4) is 0 Å². The molecule has 1 unspecified atom stereocenters. The number of hydrogen-bond donors (Lipinski definition) is 1. The van der Waals surface area contributed by atoms with E-state index < -0.39 is 0 Å². The molecule has 2 rings (SSSR count). The molecule has 0 spiro atoms. The van der Waals surface area contributed by atoms with E-state index in [9.17, 15) is 4.39 Å². The minimum atomic E-state index is -0.213. The highest BCUT2D eigenvalue weighted by Gasteiger charge is 2.18. The molecule has 2 nitrogen and oxygen atoms in total. The minimum absolute atomic E-state index is 0.213. The molecule has 1 saturated heterocycles. The van der Waals surface area contributed by atoms with Crippen molar-refractivity contribution < 1.29 is 4.39 Å². The van der Waals surface area contributed by atoms with E-state index in [4.69, 9.17) is 0 Å². The number of rotatable bonds is 1. The second-order valence-electron chi connectivity index (χ2n) is 3.49. The lowest BCUT2D eigenvalue weighted by Crippen LogP contribution is -2.09. The molecule has 1 N–H and O–H groups in total. The second kappa shape index (κ2) is 3.42. The summed E-state index contributed by atoms with van der Waals surface area (Å²) >= 11 is 0. The maximum Gasteiger partial charge on any atom is 0.144 e. The Morgan fingerprint density at radius 1 is 1.54 bits per heavy atom. The summed E-state index contributed by atoms with van der Waals surface area (Å²) in [6.07, 6.45) is 1.11. The SMILES string of the molecule is Cc1nc(C2CCNC2)ccc1F. The van der Waals surface area contributed by atoms with Gasteiger partial charge in [-0.05, 0) is 32.0 Å². The van der Waals surface area contributed by atoms with Gasteiger partial charge in [0.05, 0.1) is 5.69 Å². The Morgan fingerprint density at radius 3 is 3.00 bits per heavy atom. The summed E-state index contributed by atoms with van der Waals surface area (Å²) in [5, 5.41) is 3.27. The van der Waals surface area contributed by atoms with Crippen LogP contribution in [0.4, 0.5) is 4.39 Å². The number of halogens is 1. The lowest BCUT2D eigenvalue weighted by atomic mass is 10.0. The van der Waals surface area contributed by atoms with E-state index in [0.717, 1.165) is 25.2 Å². The van der Waals surface area contributed by atoms with Crippen LogP contribution in [0.5, 0.6) is 0 Å². The van der Waals surface area contributed by atoms with Gasteiger partial charge in [0, 0.05) is 18.2 Å². The average molecular weight is 180 g/mol. The minimum Gasteiger partial charge on any atom is -0.316 e. The smallest absolute Gasteiger partial charge is 0.144 e. The molecule has 2 heterocycles. The molecule has 0 aliphatic carbocycles. The molecular formula is C10H13FN2. The van der Waals surface area contributed by atoms with E-state index in [1.54, 1.807) is 13.0 Å². The molecule has 0 amide bonds. The first-order valence-electron chi connectivity index (χ1n) is 4.61. The van der Waals surface area contributed by atoms with E-state index >= 15 is 0 Å². The fourth-order valence-electron chi connectivity index (χ4n) is 1.70. The Morgan fingerprint density at radius 2 is 2.38 bits per heavy atom. The summed E-state index contributed by atoms with van der Waals surface area (Å²) in [4.78, 5) is 4.24. The van der Waals surface area contributed by atoms with Crippen molar-refractivity contribution in [3.63, 3.8) is 0 Å². The first-order chi connectivity index (χ1) is 6.27. The van der Waals surface area contributed by atoms with E-state index in [-0.39, 0.29) is 5.82 Å². The Labute approximate surface area is 77.2 Å². The van der Waals surface area contributed by atoms with Crippen LogP contribution in [0.1, 0.15) is 23.7 Å². The number of aromatic nitrogens is 1. The van der Waals surface area contributed by atoms with E-state index in [2.05, 4.69) is 10.3 Å². The van der Waals surface area contributed by atoms with Gasteiger partial charge in [-0.15, -0.1) is 0 Å². The van der Waals surface area contributed by atoms with Crippen molar-refractivity contribution in [2.24, 2.45) is 0 Å². The first-order valence-corrected chi connectivity index (χ1v) is 4.61. The first kappa shape index (κ1) is 8.63. The molecule has 1 atom stereocenters. The van der Waals surface area contributed by atoms with Gasteiger partial charge in [-0.3, -0.25) is 4.98 Å². The van der Waals surface area contributed by atoms with Crippen molar-refractivity contribution in [2.45, 2.75) is 19.3 Å². The summed E-state index contributed by atoms with van der Waals surface area (Å²) in [5.74, 6) is 0.258. The quantitative estimate of drug-likeness (QED) is 0.710. The van der Waals surface area contributed by atoms with Gasteiger partial charge in [0.1, 0.15) is 5.82 Å². The number of nitrogens with zero attached hydrogens (tertiary/aromatic N) is 1. The number of nitrogens with one attached hydrogen (secondary N) is 1. The molecule has 0 saturated carbocycles. The van der Waals surface area contributed by atoms with Crippen molar-refractivity contribution in [3.8, 4) is 0 Å². The third-order valence-electron chi connectivity index (χ3n) is 2.52. The van der Waals surface area contributed by atoms with Crippen LogP contribution in [0.2, 0.25) is 0 Å². The van der Waals surface area contributed by atoms with Crippen LogP contribution < -0.4 is 5.32 Å². The van der Waals surface area contributed by atoms with Crippen LogP contribution >= 0.6 is 0 Å². The largest absolute Gasteiger partial charge is 0.316 e. The lowest BCUT2D eigenvalue weighted by Gasteiger charge is -2.08. The Hall–Kier alpha value is -0.960. The summed E-state index contributed by atoms with van der Waals surface area (Å²) in [6.45, 7) is 3.72. The molecule has 13 heavy (non-hydrogen) atoms. The number of hydrogen-bond acceptors (Lipinski definition) is 2. The van der Waals surface area contributed by atoms with Crippen LogP contribution in [-0.2, 0) is 0 Å². The average Bonchev–Trinajstić information content (AvgIpc) is 2.62. The van der Waals surface area contributed by atoms with Gasteiger partial charge in [-0.2, -0.15) is 0 Å². The molecule has 3 heteroatoms. The van der Waals surface area contributed by atoms with E-state index in [1.807, 2.05) is 0 Å². The maximum atomic E-state index is 12.9. The molecule has 0 radical (unpaired) electrons. The van der Waals surface area contributed by atoms with Gasteiger partial charge in [-0.1, -0.05) is 0 Å². The summed E-state index contributed by atoms with van der Waals surface area (Å²) in [6, 6.07) is 3.30. The van der Waals surface area contributed by atoms with Crippen molar-refractivity contribution >= 4 is 0 Å². The van der Waals surface area contributed by atoms with Gasteiger partial charge < -0.3 is 5.32 Å². The summed E-state index contributed by atoms with van der Waals surface area (Å²) in [7, 11) is 0. The van der Waals surface area contributed by atoms with Crippen molar-refractivity contribution in [1.29, 1.82) is 0 Å². The van der Waals surface area contributed by atoms with Crippen LogP contribution in [0, 0.1) is 12.7 Å². The zero-order valence-electron chi connectivity index (χ0n) is 7.68. The highest BCUT2D eigenvalue weighted by molar-refractivity contribution is 5.17. The Balaban J connectivity index is 2.25. The van der Waals surface area contributed by atoms with Gasteiger partial charge in [-0.25, -0.2) is 4.39 Å². The fourth-order valence-corrected chi connectivity index (χ4v) is 1.70. The zero-order valence-corrected chi connectivity index (χ0v) is 7.68. The van der Waals surface area contributed by atoms with Crippen LogP contribution in [-0.4, -0.2) is 18.1 Å². The molecule has 1 aromatic rings. The number of pyridine rings is 1. The number of aryl methyl sites for hydroxylation is 1. The summed E-state index contributed by atoms with van der Waals surface area (Å²) in [5.41, 5.74) is 1.52. The third kappa shape index (κ3) is 1.70. The van der Waals surface area contributed by atoms with E-state index in [0.29, 0.717) is 11.6 Å². The monoisotopic (exact) mass is 180 g/mol. The van der Waals surface area contributed by atoms with Gasteiger partial charge in [0.25, 0.3) is 0 Å². The van der Waals surface area contributed by atoms with Crippen molar-refractivity contribution in [3.05, 3.63) is 29.3 Å². The Bertz CT molecular complexity index is 306. The highest BCUT2D eigenvalue weighted by Crippen LogP contribution is 2.20. The molecule has 70 valence electrons. The molecule has 0 bridgehead atoms. The predicted molar refractivity (Wildman–Crippen MR) is 49.2 cm³/mol. The molecule has 1 aromatic heterocycles. The third-order valence-corrected chi connectivity index (χ3v) is 2.52. The zero-order chi connectivity index (χ0) is 9.26. The molecule has 1 aliphatic rings. The summed E-state index contributed by atoms with van der Waals surface area (Å²) < 4.78 is 12.9. The van der Waals surface area contributed by atoms with Gasteiger partial charge in [0.15, 0.2) is 0 Å². The lowest BCUT2D eigenvalue weighted by molar-refractivity contribution is 0.602. The second-order valence-corrected chi connectivity index (χ2v) is 3.49. The molecule has 1 aliphatic heterocycles. The fraction of sp³-hybridized carbons (Fsp3) is 0.500. The Kier molecular flexibility index (Phi) is 2.27. The molecule has 0 aromatic carbocycles.